The number of fused-ring (bicyclic) bond motifs is 2. The molecule has 4 aliphatic heterocycles. The van der Waals surface area contributed by atoms with Crippen LogP contribution < -0.4 is 22.1 Å². The molecule has 60 heavy (non-hydrogen) atoms. The van der Waals surface area contributed by atoms with Crippen LogP contribution in [-0.2, 0) is 51.2 Å². The highest BCUT2D eigenvalue weighted by Gasteiger charge is 2.65. The molecule has 18 heteroatoms. The van der Waals surface area contributed by atoms with Crippen molar-refractivity contribution < 1.29 is 48.6 Å². The van der Waals surface area contributed by atoms with E-state index in [0.29, 0.717) is 12.8 Å². The van der Waals surface area contributed by atoms with Crippen molar-refractivity contribution in [1.29, 1.82) is 0 Å². The number of hydrogen-bond donors (Lipinski definition) is 6. The Bertz CT molecular complexity index is 1760. The lowest BCUT2D eigenvalue weighted by molar-refractivity contribution is -0.161. The van der Waals surface area contributed by atoms with Crippen LogP contribution in [0.25, 0.3) is 0 Å². The maximum absolute atomic E-state index is 12.3. The minimum Gasteiger partial charge on any atom is -0.480 e. The molecule has 6 rings (SSSR count). The molecule has 6 amide bonds. The Hall–Kier alpha value is -5.10. The quantitative estimate of drug-likeness (QED) is 0.0991. The minimum atomic E-state index is -1.01. The molecule has 4 aliphatic rings. The topological polar surface area (TPSA) is 260 Å². The fourth-order valence-corrected chi connectivity index (χ4v) is 10.9. The van der Waals surface area contributed by atoms with Crippen LogP contribution in [0, 0.1) is 0 Å². The molecule has 8 N–H and O–H groups in total. The molecule has 0 saturated carbocycles. The van der Waals surface area contributed by atoms with E-state index in [1.165, 1.54) is 33.3 Å². The first-order chi connectivity index (χ1) is 28.2. The molecule has 0 radical (unpaired) electrons. The smallest absolute Gasteiger partial charge is 0.327 e. The van der Waals surface area contributed by atoms with Gasteiger partial charge < -0.3 is 42.1 Å². The number of benzene rings is 2. The van der Waals surface area contributed by atoms with E-state index in [9.17, 15) is 48.6 Å². The number of rotatable bonds is 17. The van der Waals surface area contributed by atoms with Gasteiger partial charge in [-0.3, -0.25) is 28.8 Å². The number of nitrogens with two attached hydrogens (primary N) is 2. The van der Waals surface area contributed by atoms with Gasteiger partial charge in [-0.15, -0.1) is 23.5 Å². The van der Waals surface area contributed by atoms with Gasteiger partial charge in [0.15, 0.2) is 0 Å². The van der Waals surface area contributed by atoms with Crippen LogP contribution >= 0.6 is 23.5 Å². The highest BCUT2D eigenvalue weighted by Crippen LogP contribution is 2.51. The molecule has 4 fully saturated rings. The lowest BCUT2D eigenvalue weighted by atomic mass is 9.96. The molecular formula is C42H56N6O10S2. The summed E-state index contributed by atoms with van der Waals surface area (Å²) in [6, 6.07) is 15.6. The number of carbonyl (C=O) groups is 8. The first-order valence-electron chi connectivity index (χ1n) is 19.9. The molecule has 2 aromatic carbocycles. The van der Waals surface area contributed by atoms with Gasteiger partial charge in [-0.25, -0.2) is 9.59 Å². The number of primary amides is 2. The molecule has 326 valence electrons. The van der Waals surface area contributed by atoms with Gasteiger partial charge in [0.05, 0.1) is 12.8 Å². The second kappa shape index (κ2) is 20.9. The van der Waals surface area contributed by atoms with Gasteiger partial charge in [0.1, 0.15) is 34.9 Å². The van der Waals surface area contributed by atoms with E-state index < -0.39 is 45.6 Å². The summed E-state index contributed by atoms with van der Waals surface area (Å²) in [5.41, 5.74) is 11.7. The normalized spacial score (nSPS) is 23.8. The van der Waals surface area contributed by atoms with E-state index >= 15 is 0 Å². The van der Waals surface area contributed by atoms with E-state index in [2.05, 4.69) is 10.6 Å². The second-order valence-corrected chi connectivity index (χ2v) is 19.7. The molecule has 6 atom stereocenters. The fraction of sp³-hybridized carbons (Fsp3) is 0.524. The number of unbranched alkanes of at least 4 members (excludes halogenated alkanes) is 5. The van der Waals surface area contributed by atoms with Crippen LogP contribution in [0.2, 0.25) is 0 Å². The fourth-order valence-electron chi connectivity index (χ4n) is 7.61. The van der Waals surface area contributed by atoms with Crippen molar-refractivity contribution in [2.45, 2.75) is 136 Å². The monoisotopic (exact) mass is 868 g/mol. The van der Waals surface area contributed by atoms with Crippen molar-refractivity contribution in [3.8, 4) is 0 Å². The van der Waals surface area contributed by atoms with E-state index in [4.69, 9.17) is 11.5 Å². The van der Waals surface area contributed by atoms with Gasteiger partial charge in [-0.05, 0) is 51.7 Å². The Morgan fingerprint density at radius 3 is 1.20 bits per heavy atom. The Labute approximate surface area is 358 Å². The molecule has 4 unspecified atom stereocenters. The molecule has 4 heterocycles. The number of carboxylic acid groups (broad SMARTS) is 2. The summed E-state index contributed by atoms with van der Waals surface area (Å²) in [7, 11) is 0. The molecule has 0 aromatic heterocycles. The number of amides is 6. The highest BCUT2D eigenvalue weighted by atomic mass is 32.2. The summed E-state index contributed by atoms with van der Waals surface area (Å²) in [6.07, 6.45) is 7.43. The SMILES string of the molecule is CC1(C)SC2C(NC(=O)Cc3ccccc3)C(=O)N2[C@@H]1C(=O)O.CC1(C)SC2[C@@H](NC(=O)Cc3ccccc3)C(=O)N2C1C(=O)O.NC(=O)CCCCCCCCC(N)=O. The zero-order valence-corrected chi connectivity index (χ0v) is 36.0. The van der Waals surface area contributed by atoms with Crippen LogP contribution in [0.1, 0.15) is 90.2 Å². The predicted octanol–water partition coefficient (Wildman–Crippen LogP) is 2.80. The Morgan fingerprint density at radius 1 is 0.583 bits per heavy atom. The van der Waals surface area contributed by atoms with Crippen LogP contribution in [0.5, 0.6) is 0 Å². The molecule has 0 spiro atoms. The van der Waals surface area contributed by atoms with Crippen molar-refractivity contribution in [2.24, 2.45) is 11.5 Å². The number of hydrogen-bond acceptors (Lipinski definition) is 10. The summed E-state index contributed by atoms with van der Waals surface area (Å²) >= 11 is 2.85. The van der Waals surface area contributed by atoms with Crippen molar-refractivity contribution in [3.05, 3.63) is 71.8 Å². The molecule has 4 saturated heterocycles. The lowest BCUT2D eigenvalue weighted by Crippen LogP contribution is -2.70. The van der Waals surface area contributed by atoms with E-state index in [0.717, 1.165) is 49.7 Å². The van der Waals surface area contributed by atoms with Gasteiger partial charge in [0.2, 0.25) is 35.4 Å². The summed E-state index contributed by atoms with van der Waals surface area (Å²) in [5, 5.41) is 23.6. The highest BCUT2D eigenvalue weighted by molar-refractivity contribution is 8.02. The first kappa shape index (κ1) is 47.6. The number of carboxylic acids is 2. The maximum atomic E-state index is 12.3. The van der Waals surface area contributed by atoms with Crippen LogP contribution in [-0.4, -0.2) is 112 Å². The Balaban J connectivity index is 0.000000206. The lowest BCUT2D eigenvalue weighted by Gasteiger charge is -2.43. The van der Waals surface area contributed by atoms with Gasteiger partial charge in [0.25, 0.3) is 0 Å². The number of aliphatic carboxylic acids is 2. The number of thioether (sulfide) groups is 2. The minimum absolute atomic E-state index is 0.202. The Morgan fingerprint density at radius 2 is 0.900 bits per heavy atom. The standard InChI is InChI=1S/2C16H18N2O4S.C10H20N2O2/c2*1-16(2)12(15(21)22)18-13(20)11(14(18)23-16)17-10(19)8-9-6-4-3-5-7-9;11-9(13)7-5-3-1-2-4-6-8-10(12)14/h2*3-7,11-12,14H,8H2,1-2H3,(H,17,19)(H,21,22);1-8H2,(H2,11,13)(H2,12,14)/t11?,12-,14?;11-,12?,14?;/m10./s1. The van der Waals surface area contributed by atoms with E-state index in [1.54, 1.807) is 0 Å². The summed E-state index contributed by atoms with van der Waals surface area (Å²) in [5.74, 6) is -3.56. The van der Waals surface area contributed by atoms with Crippen LogP contribution in [0.3, 0.4) is 0 Å². The summed E-state index contributed by atoms with van der Waals surface area (Å²) in [4.78, 5) is 95.1. The van der Waals surface area contributed by atoms with Gasteiger partial charge in [-0.2, -0.15) is 0 Å². The maximum Gasteiger partial charge on any atom is 0.327 e. The molecule has 16 nitrogen and oxygen atoms in total. The molecule has 0 aliphatic carbocycles. The average Bonchev–Trinajstić information content (AvgIpc) is 3.59. The zero-order valence-electron chi connectivity index (χ0n) is 34.3. The van der Waals surface area contributed by atoms with Crippen molar-refractivity contribution >= 4 is 70.9 Å². The first-order valence-corrected chi connectivity index (χ1v) is 21.7. The molecular weight excluding hydrogens is 813 g/mol. The third-order valence-corrected chi connectivity index (χ3v) is 13.6. The third-order valence-electron chi connectivity index (χ3n) is 10.5. The van der Waals surface area contributed by atoms with E-state index in [-0.39, 0.29) is 59.0 Å². The van der Waals surface area contributed by atoms with E-state index in [1.807, 2.05) is 88.4 Å². The van der Waals surface area contributed by atoms with Gasteiger partial charge >= 0.3 is 11.9 Å². The third kappa shape index (κ3) is 12.2. The predicted molar refractivity (Wildman–Crippen MR) is 227 cm³/mol. The van der Waals surface area contributed by atoms with Gasteiger partial charge in [-0.1, -0.05) is 86.3 Å². The number of carbonyl (C=O) groups excluding carboxylic acids is 6. The summed E-state index contributed by atoms with van der Waals surface area (Å²) in [6.45, 7) is 7.24. The number of nitrogens with zero attached hydrogens (tertiary/aromatic N) is 2. The number of β-lactam (4-membered cyclic amide) rings is 2. The van der Waals surface area contributed by atoms with Crippen LogP contribution in [0.4, 0.5) is 0 Å². The average molecular weight is 869 g/mol. The molecule has 2 aromatic rings. The second-order valence-electron chi connectivity index (χ2n) is 16.2. The zero-order chi connectivity index (χ0) is 44.4. The van der Waals surface area contributed by atoms with Crippen LogP contribution in [0.15, 0.2) is 60.7 Å². The van der Waals surface area contributed by atoms with Crippen molar-refractivity contribution in [2.75, 3.05) is 0 Å². The number of nitrogens with one attached hydrogen (secondary N) is 2. The van der Waals surface area contributed by atoms with Crippen molar-refractivity contribution in [3.63, 3.8) is 0 Å². The summed E-state index contributed by atoms with van der Waals surface area (Å²) < 4.78 is -1.16. The Kier molecular flexibility index (Phi) is 16.6. The van der Waals surface area contributed by atoms with Crippen molar-refractivity contribution in [1.82, 2.24) is 20.4 Å². The largest absolute Gasteiger partial charge is 0.480 e. The molecule has 0 bridgehead atoms. The van der Waals surface area contributed by atoms with Gasteiger partial charge in [0, 0.05) is 22.3 Å².